The first-order valence-electron chi connectivity index (χ1n) is 5.91. The first-order chi connectivity index (χ1) is 9.13. The highest BCUT2D eigenvalue weighted by Gasteiger charge is 2.16. The van der Waals surface area contributed by atoms with Crippen molar-refractivity contribution in [2.75, 3.05) is 6.54 Å². The van der Waals surface area contributed by atoms with E-state index in [1.807, 2.05) is 13.0 Å². The fourth-order valence-electron chi connectivity index (χ4n) is 1.72. The van der Waals surface area contributed by atoms with Crippen molar-refractivity contribution in [2.45, 2.75) is 20.4 Å². The first-order valence-corrected chi connectivity index (χ1v) is 6.72. The fourth-order valence-corrected chi connectivity index (χ4v) is 2.61. The Bertz CT molecular complexity index is 597. The van der Waals surface area contributed by atoms with Crippen LogP contribution in [0, 0.1) is 17.0 Å². The lowest BCUT2D eigenvalue weighted by molar-refractivity contribution is -0.385. The minimum absolute atomic E-state index is 0.112. The normalized spacial score (nSPS) is 10.6. The van der Waals surface area contributed by atoms with E-state index >= 15 is 0 Å². The molecule has 0 unspecified atom stereocenters. The van der Waals surface area contributed by atoms with Gasteiger partial charge in [-0.3, -0.25) is 10.1 Å². The quantitative estimate of drug-likeness (QED) is 0.671. The monoisotopic (exact) mass is 278 g/mol. The molecule has 0 aliphatic carbocycles. The van der Waals surface area contributed by atoms with Gasteiger partial charge in [-0.1, -0.05) is 30.4 Å². The van der Waals surface area contributed by atoms with Gasteiger partial charge in [0, 0.05) is 23.7 Å². The molecule has 100 valence electrons. The highest BCUT2D eigenvalue weighted by Crippen LogP contribution is 2.31. The van der Waals surface area contributed by atoms with Crippen LogP contribution < -0.4 is 5.32 Å². The molecule has 1 aromatic carbocycles. The number of nitrogens with one attached hydrogen (secondary N) is 1. The molecule has 0 spiro atoms. The van der Waals surface area contributed by atoms with E-state index < -0.39 is 0 Å². The molecule has 0 fully saturated rings. The maximum absolute atomic E-state index is 10.9. The highest BCUT2D eigenvalue weighted by molar-refractivity contribution is 7.14. The van der Waals surface area contributed by atoms with Gasteiger partial charge in [-0.25, -0.2) is 0 Å². The number of rotatable bonds is 5. The lowest BCUT2D eigenvalue weighted by Gasteiger charge is -2.01. The van der Waals surface area contributed by atoms with Gasteiger partial charge in [-0.2, -0.15) is 0 Å². The van der Waals surface area contributed by atoms with Crippen molar-refractivity contribution in [3.63, 3.8) is 0 Å². The molecule has 2 aromatic rings. The molecule has 6 nitrogen and oxygen atoms in total. The molecular weight excluding hydrogens is 264 g/mol. The molecule has 0 atom stereocenters. The Kier molecular flexibility index (Phi) is 4.18. The van der Waals surface area contributed by atoms with E-state index in [4.69, 9.17) is 0 Å². The summed E-state index contributed by atoms with van der Waals surface area (Å²) in [5.41, 5.74) is 1.51. The van der Waals surface area contributed by atoms with Gasteiger partial charge < -0.3 is 5.32 Å². The van der Waals surface area contributed by atoms with Crippen molar-refractivity contribution in [1.82, 2.24) is 15.5 Å². The van der Waals surface area contributed by atoms with Gasteiger partial charge in [0.05, 0.1) is 4.92 Å². The number of hydrogen-bond acceptors (Lipinski definition) is 6. The van der Waals surface area contributed by atoms with Crippen LogP contribution in [0.3, 0.4) is 0 Å². The molecule has 2 rings (SSSR count). The molecule has 0 amide bonds. The Hall–Kier alpha value is -1.86. The number of benzene rings is 1. The van der Waals surface area contributed by atoms with E-state index in [2.05, 4.69) is 15.5 Å². The number of nitrogens with zero attached hydrogens (tertiary/aromatic N) is 3. The predicted octanol–water partition coefficient (Wildman–Crippen LogP) is 2.53. The van der Waals surface area contributed by atoms with Crippen molar-refractivity contribution < 1.29 is 4.92 Å². The number of aromatic nitrogens is 2. The minimum atomic E-state index is -0.376. The largest absolute Gasteiger partial charge is 0.311 e. The average molecular weight is 278 g/mol. The Morgan fingerprint density at radius 1 is 1.42 bits per heavy atom. The SMILES string of the molecule is CCNCc1nnc(-c2cccc([N+](=O)[O-])c2C)s1. The van der Waals surface area contributed by atoms with E-state index in [-0.39, 0.29) is 10.6 Å². The van der Waals surface area contributed by atoms with Crippen molar-refractivity contribution in [2.24, 2.45) is 0 Å². The molecule has 0 aliphatic heterocycles. The lowest BCUT2D eigenvalue weighted by atomic mass is 10.1. The Morgan fingerprint density at radius 3 is 2.89 bits per heavy atom. The van der Waals surface area contributed by atoms with E-state index in [9.17, 15) is 10.1 Å². The lowest BCUT2D eigenvalue weighted by Crippen LogP contribution is -2.11. The molecular formula is C12H14N4O2S. The summed E-state index contributed by atoms with van der Waals surface area (Å²) in [7, 11) is 0. The standard InChI is InChI=1S/C12H14N4O2S/c1-3-13-7-11-14-15-12(19-11)9-5-4-6-10(8(9)2)16(17)18/h4-6,13H,3,7H2,1-2H3. The molecule has 0 bridgehead atoms. The summed E-state index contributed by atoms with van der Waals surface area (Å²) in [5, 5.41) is 23.9. The van der Waals surface area contributed by atoms with Crippen LogP contribution in [0.15, 0.2) is 18.2 Å². The summed E-state index contributed by atoms with van der Waals surface area (Å²) in [6, 6.07) is 5.01. The molecule has 0 saturated heterocycles. The second kappa shape index (κ2) is 5.85. The molecule has 1 aromatic heterocycles. The second-order valence-corrected chi connectivity index (χ2v) is 5.05. The van der Waals surface area contributed by atoms with Crippen LogP contribution in [0.2, 0.25) is 0 Å². The van der Waals surface area contributed by atoms with E-state index in [1.54, 1.807) is 13.0 Å². The smallest absolute Gasteiger partial charge is 0.273 e. The zero-order chi connectivity index (χ0) is 13.8. The number of nitro groups is 1. The fraction of sp³-hybridized carbons (Fsp3) is 0.333. The van der Waals surface area contributed by atoms with Crippen LogP contribution in [0.1, 0.15) is 17.5 Å². The van der Waals surface area contributed by atoms with Gasteiger partial charge in [-0.05, 0) is 13.5 Å². The Morgan fingerprint density at radius 2 is 2.21 bits per heavy atom. The zero-order valence-corrected chi connectivity index (χ0v) is 11.5. The van der Waals surface area contributed by atoms with Gasteiger partial charge in [-0.15, -0.1) is 10.2 Å². The third-order valence-corrected chi connectivity index (χ3v) is 3.68. The topological polar surface area (TPSA) is 81.0 Å². The third-order valence-electron chi connectivity index (χ3n) is 2.73. The van der Waals surface area contributed by atoms with Crippen LogP contribution in [-0.4, -0.2) is 21.7 Å². The van der Waals surface area contributed by atoms with Gasteiger partial charge in [0.25, 0.3) is 5.69 Å². The summed E-state index contributed by atoms with van der Waals surface area (Å²) in [5.74, 6) is 0. The van der Waals surface area contributed by atoms with Crippen molar-refractivity contribution in [3.05, 3.63) is 38.9 Å². The van der Waals surface area contributed by atoms with Crippen LogP contribution >= 0.6 is 11.3 Å². The van der Waals surface area contributed by atoms with Crippen molar-refractivity contribution in [3.8, 4) is 10.6 Å². The van der Waals surface area contributed by atoms with E-state index in [1.165, 1.54) is 17.4 Å². The van der Waals surface area contributed by atoms with Crippen LogP contribution in [0.5, 0.6) is 0 Å². The first kappa shape index (κ1) is 13.6. The molecule has 0 radical (unpaired) electrons. The zero-order valence-electron chi connectivity index (χ0n) is 10.7. The summed E-state index contributed by atoms with van der Waals surface area (Å²) >= 11 is 1.45. The van der Waals surface area contributed by atoms with Gasteiger partial charge in [0.2, 0.25) is 0 Å². The minimum Gasteiger partial charge on any atom is -0.311 e. The molecule has 19 heavy (non-hydrogen) atoms. The number of hydrogen-bond donors (Lipinski definition) is 1. The Labute approximate surface area is 114 Å². The summed E-state index contributed by atoms with van der Waals surface area (Å²) in [4.78, 5) is 10.5. The predicted molar refractivity (Wildman–Crippen MR) is 74.1 cm³/mol. The van der Waals surface area contributed by atoms with Gasteiger partial charge in [0.1, 0.15) is 10.0 Å². The van der Waals surface area contributed by atoms with E-state index in [0.717, 1.165) is 17.1 Å². The molecule has 7 heteroatoms. The maximum Gasteiger partial charge on any atom is 0.273 e. The van der Waals surface area contributed by atoms with Gasteiger partial charge >= 0.3 is 0 Å². The van der Waals surface area contributed by atoms with Crippen molar-refractivity contribution >= 4 is 17.0 Å². The maximum atomic E-state index is 10.9. The Balaban J connectivity index is 2.34. The van der Waals surface area contributed by atoms with Crippen molar-refractivity contribution in [1.29, 1.82) is 0 Å². The number of nitro benzene ring substituents is 1. The summed E-state index contributed by atoms with van der Waals surface area (Å²) < 4.78 is 0. The molecule has 0 aliphatic rings. The van der Waals surface area contributed by atoms with Crippen LogP contribution in [-0.2, 0) is 6.54 Å². The molecule has 1 N–H and O–H groups in total. The second-order valence-electron chi connectivity index (χ2n) is 3.99. The van der Waals surface area contributed by atoms with Gasteiger partial charge in [0.15, 0.2) is 0 Å². The summed E-state index contributed by atoms with van der Waals surface area (Å²) in [6.07, 6.45) is 0. The van der Waals surface area contributed by atoms with Crippen LogP contribution in [0.4, 0.5) is 5.69 Å². The highest BCUT2D eigenvalue weighted by atomic mass is 32.1. The van der Waals surface area contributed by atoms with Crippen LogP contribution in [0.25, 0.3) is 10.6 Å². The average Bonchev–Trinajstić information content (AvgIpc) is 2.84. The molecule has 0 saturated carbocycles. The summed E-state index contributed by atoms with van der Waals surface area (Å²) in [6.45, 7) is 5.29. The molecule has 1 heterocycles. The third kappa shape index (κ3) is 2.94. The van der Waals surface area contributed by atoms with E-state index in [0.29, 0.717) is 17.1 Å².